The van der Waals surface area contributed by atoms with Crippen molar-refractivity contribution in [2.45, 2.75) is 39.8 Å². The molecule has 1 heterocycles. The topological polar surface area (TPSA) is 81.1 Å². The summed E-state index contributed by atoms with van der Waals surface area (Å²) in [6, 6.07) is 8.18. The molecule has 1 aromatic carbocycles. The first-order chi connectivity index (χ1) is 10.1. The summed E-state index contributed by atoms with van der Waals surface area (Å²) in [7, 11) is 0. The Morgan fingerprint density at radius 1 is 1.43 bits per heavy atom. The number of benzene rings is 1. The second kappa shape index (κ2) is 6.88. The average Bonchev–Trinajstić information content (AvgIpc) is 2.93. The van der Waals surface area contributed by atoms with E-state index in [1.54, 1.807) is 4.68 Å². The Morgan fingerprint density at radius 2 is 2.24 bits per heavy atom. The van der Waals surface area contributed by atoms with Crippen LogP contribution in [0.25, 0.3) is 0 Å². The molecule has 2 aromatic rings. The fourth-order valence-electron chi connectivity index (χ4n) is 1.99. The van der Waals surface area contributed by atoms with Gasteiger partial charge in [-0.15, -0.1) is 0 Å². The molecule has 1 aromatic heterocycles. The molecular formula is C15H22N6. The fraction of sp³-hybridized carbons (Fsp3) is 0.400. The van der Waals surface area contributed by atoms with E-state index >= 15 is 0 Å². The minimum Gasteiger partial charge on any atom is -0.370 e. The quantitative estimate of drug-likeness (QED) is 0.653. The van der Waals surface area contributed by atoms with Crippen molar-refractivity contribution >= 4 is 11.6 Å². The normalized spacial score (nSPS) is 11.9. The van der Waals surface area contributed by atoms with E-state index in [4.69, 9.17) is 5.73 Å². The van der Waals surface area contributed by atoms with Crippen molar-refractivity contribution in [1.29, 1.82) is 0 Å². The van der Waals surface area contributed by atoms with Crippen LogP contribution in [0.1, 0.15) is 38.1 Å². The number of aromatic nitrogens is 3. The number of guanidine groups is 1. The highest BCUT2D eigenvalue weighted by Gasteiger charge is 2.03. The number of hydrogen-bond acceptors (Lipinski definition) is 3. The minimum atomic E-state index is 0.376. The second-order valence-corrected chi connectivity index (χ2v) is 5.10. The number of anilines is 1. The molecule has 6 heteroatoms. The molecule has 0 bridgehead atoms. The lowest BCUT2D eigenvalue weighted by Crippen LogP contribution is -2.23. The molecule has 0 fully saturated rings. The van der Waals surface area contributed by atoms with Gasteiger partial charge in [-0.3, -0.25) is 0 Å². The first kappa shape index (κ1) is 15.0. The van der Waals surface area contributed by atoms with Crippen molar-refractivity contribution in [2.24, 2.45) is 10.7 Å². The third-order valence-electron chi connectivity index (χ3n) is 3.21. The summed E-state index contributed by atoms with van der Waals surface area (Å²) in [5.41, 5.74) is 8.13. The lowest BCUT2D eigenvalue weighted by molar-refractivity contribution is 0.616. The number of nitrogens with two attached hydrogens (primary N) is 1. The Balaban J connectivity index is 2.02. The lowest BCUT2D eigenvalue weighted by atomic mass is 10.0. The van der Waals surface area contributed by atoms with Crippen molar-refractivity contribution in [1.82, 2.24) is 14.8 Å². The number of aryl methyl sites for hydroxylation is 1. The van der Waals surface area contributed by atoms with Crippen molar-refractivity contribution in [3.8, 4) is 0 Å². The van der Waals surface area contributed by atoms with Crippen LogP contribution in [0.5, 0.6) is 0 Å². The molecule has 0 spiro atoms. The van der Waals surface area contributed by atoms with Gasteiger partial charge in [0.1, 0.15) is 18.7 Å². The molecule has 21 heavy (non-hydrogen) atoms. The summed E-state index contributed by atoms with van der Waals surface area (Å²) in [4.78, 5) is 8.47. The van der Waals surface area contributed by atoms with Crippen molar-refractivity contribution in [2.75, 3.05) is 5.32 Å². The standard InChI is InChI=1S/C15H22N6/c1-4-21-14(18-10-19-21)9-17-15(16)20-13-7-5-6-12(8-13)11(2)3/h5-8,10-11H,4,9H2,1-3H3,(H3,16,17,20). The van der Waals surface area contributed by atoms with E-state index in [1.807, 2.05) is 19.1 Å². The fourth-order valence-corrected chi connectivity index (χ4v) is 1.99. The van der Waals surface area contributed by atoms with Crippen LogP contribution in [-0.4, -0.2) is 20.7 Å². The van der Waals surface area contributed by atoms with Gasteiger partial charge < -0.3 is 11.1 Å². The second-order valence-electron chi connectivity index (χ2n) is 5.10. The van der Waals surface area contributed by atoms with E-state index in [2.05, 4.69) is 46.4 Å². The van der Waals surface area contributed by atoms with Crippen LogP contribution in [0.2, 0.25) is 0 Å². The Kier molecular flexibility index (Phi) is 4.92. The summed E-state index contributed by atoms with van der Waals surface area (Å²) in [5, 5.41) is 7.21. The average molecular weight is 286 g/mol. The Labute approximate surface area is 125 Å². The van der Waals surface area contributed by atoms with Crippen molar-refractivity contribution in [3.63, 3.8) is 0 Å². The minimum absolute atomic E-state index is 0.376. The smallest absolute Gasteiger partial charge is 0.193 e. The number of rotatable bonds is 5. The molecule has 3 N–H and O–H groups in total. The number of nitrogens with zero attached hydrogens (tertiary/aromatic N) is 4. The third kappa shape index (κ3) is 4.05. The van der Waals surface area contributed by atoms with Gasteiger partial charge in [0, 0.05) is 12.2 Å². The van der Waals surface area contributed by atoms with Crippen LogP contribution in [0.15, 0.2) is 35.6 Å². The number of aliphatic imine (C=N–C) groups is 1. The maximum Gasteiger partial charge on any atom is 0.193 e. The summed E-state index contributed by atoms with van der Waals surface area (Å²) in [6.45, 7) is 7.52. The van der Waals surface area contributed by atoms with Gasteiger partial charge in [-0.25, -0.2) is 14.7 Å². The zero-order valence-corrected chi connectivity index (χ0v) is 12.7. The van der Waals surface area contributed by atoms with Gasteiger partial charge in [0.05, 0.1) is 0 Å². The molecule has 6 nitrogen and oxygen atoms in total. The zero-order chi connectivity index (χ0) is 15.2. The van der Waals surface area contributed by atoms with Crippen LogP contribution in [0, 0.1) is 0 Å². The maximum absolute atomic E-state index is 5.92. The molecule has 0 aliphatic rings. The molecule has 0 atom stereocenters. The van der Waals surface area contributed by atoms with Crippen molar-refractivity contribution in [3.05, 3.63) is 42.0 Å². The zero-order valence-electron chi connectivity index (χ0n) is 12.7. The molecular weight excluding hydrogens is 264 g/mol. The van der Waals surface area contributed by atoms with Gasteiger partial charge in [-0.2, -0.15) is 5.10 Å². The maximum atomic E-state index is 5.92. The van der Waals surface area contributed by atoms with Gasteiger partial charge in [0.2, 0.25) is 0 Å². The summed E-state index contributed by atoms with van der Waals surface area (Å²) >= 11 is 0. The van der Waals surface area contributed by atoms with E-state index in [9.17, 15) is 0 Å². The lowest BCUT2D eigenvalue weighted by Gasteiger charge is -2.10. The van der Waals surface area contributed by atoms with Crippen LogP contribution in [0.4, 0.5) is 5.69 Å². The highest BCUT2D eigenvalue weighted by Crippen LogP contribution is 2.18. The predicted octanol–water partition coefficient (Wildman–Crippen LogP) is 2.35. The van der Waals surface area contributed by atoms with Gasteiger partial charge in [-0.05, 0) is 30.5 Å². The Morgan fingerprint density at radius 3 is 2.95 bits per heavy atom. The summed E-state index contributed by atoms with van der Waals surface area (Å²) < 4.78 is 1.80. The molecule has 0 radical (unpaired) electrons. The summed E-state index contributed by atoms with van der Waals surface area (Å²) in [5.74, 6) is 1.66. The van der Waals surface area contributed by atoms with Gasteiger partial charge in [0.15, 0.2) is 5.96 Å². The molecule has 0 amide bonds. The van der Waals surface area contributed by atoms with Crippen molar-refractivity contribution < 1.29 is 0 Å². The highest BCUT2D eigenvalue weighted by molar-refractivity contribution is 5.92. The van der Waals surface area contributed by atoms with E-state index < -0.39 is 0 Å². The Hall–Kier alpha value is -2.37. The number of nitrogens with one attached hydrogen (secondary N) is 1. The van der Waals surface area contributed by atoms with Crippen LogP contribution < -0.4 is 11.1 Å². The van der Waals surface area contributed by atoms with Gasteiger partial charge in [0.25, 0.3) is 0 Å². The van der Waals surface area contributed by atoms with Crippen LogP contribution >= 0.6 is 0 Å². The molecule has 2 rings (SSSR count). The van der Waals surface area contributed by atoms with E-state index in [0.717, 1.165) is 18.1 Å². The molecule has 0 aliphatic carbocycles. The molecule has 0 aliphatic heterocycles. The first-order valence-corrected chi connectivity index (χ1v) is 7.13. The molecule has 112 valence electrons. The third-order valence-corrected chi connectivity index (χ3v) is 3.21. The largest absolute Gasteiger partial charge is 0.370 e. The monoisotopic (exact) mass is 286 g/mol. The molecule has 0 saturated carbocycles. The molecule has 0 unspecified atom stereocenters. The predicted molar refractivity (Wildman–Crippen MR) is 85.2 cm³/mol. The van der Waals surface area contributed by atoms with Gasteiger partial charge >= 0.3 is 0 Å². The highest BCUT2D eigenvalue weighted by atomic mass is 15.3. The first-order valence-electron chi connectivity index (χ1n) is 7.13. The van der Waals surface area contributed by atoms with Crippen LogP contribution in [-0.2, 0) is 13.1 Å². The van der Waals surface area contributed by atoms with Gasteiger partial charge in [-0.1, -0.05) is 26.0 Å². The van der Waals surface area contributed by atoms with E-state index in [1.165, 1.54) is 11.9 Å². The Bertz CT molecular complexity index is 614. The number of hydrogen-bond donors (Lipinski definition) is 2. The summed E-state index contributed by atoms with van der Waals surface area (Å²) in [6.07, 6.45) is 1.53. The van der Waals surface area contributed by atoms with Crippen LogP contribution in [0.3, 0.4) is 0 Å². The molecule has 0 saturated heterocycles. The van der Waals surface area contributed by atoms with E-state index in [-0.39, 0.29) is 0 Å². The van der Waals surface area contributed by atoms with E-state index in [0.29, 0.717) is 18.4 Å². The SMILES string of the molecule is CCn1ncnc1CN=C(N)Nc1cccc(C(C)C)c1.